The fraction of sp³-hybridized carbons (Fsp3) is 0.448. The van der Waals surface area contributed by atoms with E-state index < -0.39 is 0 Å². The van der Waals surface area contributed by atoms with Crippen LogP contribution in [-0.4, -0.2) is 63.1 Å². The third-order valence-corrected chi connectivity index (χ3v) is 9.13. The summed E-state index contributed by atoms with van der Waals surface area (Å²) >= 11 is 5.05. The van der Waals surface area contributed by atoms with Crippen LogP contribution in [-0.2, 0) is 14.3 Å². The number of aryl methyl sites for hydroxylation is 1. The molecule has 2 aliphatic rings. The smallest absolute Gasteiger partial charge is 0.317 e. The molecule has 2 atom stereocenters. The lowest BCUT2D eigenvalue weighted by atomic mass is 10.2. The fourth-order valence-electron chi connectivity index (χ4n) is 3.44. The highest BCUT2D eigenvalue weighted by molar-refractivity contribution is 8.14. The van der Waals surface area contributed by atoms with Gasteiger partial charge in [-0.2, -0.15) is 0 Å². The lowest BCUT2D eigenvalue weighted by Gasteiger charge is -2.05. The van der Waals surface area contributed by atoms with Crippen molar-refractivity contribution in [2.24, 2.45) is 9.98 Å². The Hall–Kier alpha value is -2.43. The zero-order chi connectivity index (χ0) is 28.0. The van der Waals surface area contributed by atoms with Crippen LogP contribution in [0.1, 0.15) is 45.1 Å². The first-order chi connectivity index (χ1) is 18.8. The van der Waals surface area contributed by atoms with Gasteiger partial charge >= 0.3 is 11.9 Å². The predicted octanol–water partition coefficient (Wildman–Crippen LogP) is 6.56. The Kier molecular flexibility index (Phi) is 13.3. The lowest BCUT2D eigenvalue weighted by molar-refractivity contribution is -0.142. The molecule has 0 radical (unpaired) electrons. The first kappa shape index (κ1) is 31.1. The Balaban J connectivity index is 0.000000218. The van der Waals surface area contributed by atoms with Crippen LogP contribution in [0.15, 0.2) is 63.4 Å². The summed E-state index contributed by atoms with van der Waals surface area (Å²) in [5.74, 6) is 2.43. The van der Waals surface area contributed by atoms with Crippen molar-refractivity contribution in [1.29, 1.82) is 0 Å². The van der Waals surface area contributed by atoms with E-state index in [0.29, 0.717) is 24.0 Å². The van der Waals surface area contributed by atoms with Crippen LogP contribution >= 0.6 is 35.3 Å². The van der Waals surface area contributed by atoms with Gasteiger partial charge in [0.1, 0.15) is 11.5 Å². The number of ether oxygens (including phenoxy) is 2. The summed E-state index contributed by atoms with van der Waals surface area (Å²) in [7, 11) is 0. The topological polar surface area (TPSA) is 97.6 Å². The van der Waals surface area contributed by atoms with E-state index in [-0.39, 0.29) is 30.2 Å². The minimum absolute atomic E-state index is 0.172. The highest BCUT2D eigenvalue weighted by Crippen LogP contribution is 2.28. The van der Waals surface area contributed by atoms with Gasteiger partial charge in [-0.05, 0) is 68.8 Å². The van der Waals surface area contributed by atoms with Gasteiger partial charge < -0.3 is 14.6 Å². The normalized spacial score (nSPS) is 18.0. The van der Waals surface area contributed by atoms with Crippen LogP contribution < -0.4 is 4.74 Å². The maximum absolute atomic E-state index is 11.8. The molecular formula is C29H36N2O5S3. The average molecular weight is 589 g/mol. The summed E-state index contributed by atoms with van der Waals surface area (Å²) in [6, 6.07) is 14.9. The number of nitrogens with zero attached hydrogens (tertiary/aromatic N) is 2. The second-order valence-corrected chi connectivity index (χ2v) is 12.9. The van der Waals surface area contributed by atoms with E-state index >= 15 is 0 Å². The van der Waals surface area contributed by atoms with Gasteiger partial charge in [-0.15, -0.1) is 35.3 Å². The quantitative estimate of drug-likeness (QED) is 0.137. The first-order valence-electron chi connectivity index (χ1n) is 13.0. The van der Waals surface area contributed by atoms with Crippen molar-refractivity contribution in [1.82, 2.24) is 0 Å². The number of phenols is 1. The molecule has 2 aliphatic heterocycles. The number of rotatable bonds is 11. The fourth-order valence-corrected chi connectivity index (χ4v) is 6.29. The Morgan fingerprint density at radius 1 is 1.00 bits per heavy atom. The van der Waals surface area contributed by atoms with Gasteiger partial charge in [-0.25, -0.2) is 0 Å². The second kappa shape index (κ2) is 16.6. The number of aliphatic imine (C=N–C) groups is 2. The second-order valence-electron chi connectivity index (χ2n) is 9.12. The number of hydrogen-bond acceptors (Lipinski definition) is 10. The van der Waals surface area contributed by atoms with Crippen molar-refractivity contribution in [3.63, 3.8) is 0 Å². The van der Waals surface area contributed by atoms with Gasteiger partial charge in [0.2, 0.25) is 0 Å². The van der Waals surface area contributed by atoms with E-state index in [4.69, 9.17) is 9.47 Å². The molecule has 4 rings (SSSR count). The molecule has 1 N–H and O–H groups in total. The summed E-state index contributed by atoms with van der Waals surface area (Å²) in [6.07, 6.45) is 2.46. The van der Waals surface area contributed by atoms with Gasteiger partial charge in [-0.1, -0.05) is 24.6 Å². The third kappa shape index (κ3) is 12.1. The summed E-state index contributed by atoms with van der Waals surface area (Å²) in [5.41, 5.74) is 1.15. The number of esters is 2. The number of unbranched alkanes of at least 4 members (excludes halogenated alkanes) is 1. The summed E-state index contributed by atoms with van der Waals surface area (Å²) < 4.78 is 10.5. The van der Waals surface area contributed by atoms with Crippen molar-refractivity contribution in [3.8, 4) is 11.5 Å². The molecule has 0 saturated heterocycles. The Bertz CT molecular complexity index is 1140. The molecule has 2 aromatic rings. The molecule has 0 bridgehead atoms. The number of aromatic hydroxyl groups is 1. The zero-order valence-electron chi connectivity index (χ0n) is 22.6. The van der Waals surface area contributed by atoms with Crippen molar-refractivity contribution < 1.29 is 24.2 Å². The van der Waals surface area contributed by atoms with Crippen molar-refractivity contribution in [2.75, 3.05) is 24.7 Å². The molecule has 0 saturated carbocycles. The van der Waals surface area contributed by atoms with Crippen LogP contribution in [0.2, 0.25) is 0 Å². The lowest BCUT2D eigenvalue weighted by Crippen LogP contribution is -2.11. The Labute approximate surface area is 243 Å². The van der Waals surface area contributed by atoms with Crippen molar-refractivity contribution in [3.05, 3.63) is 54.1 Å². The largest absolute Gasteiger partial charge is 0.508 e. The molecule has 0 aromatic heterocycles. The van der Waals surface area contributed by atoms with E-state index in [9.17, 15) is 14.7 Å². The van der Waals surface area contributed by atoms with Crippen LogP contribution in [0.3, 0.4) is 0 Å². The van der Waals surface area contributed by atoms with E-state index in [1.807, 2.05) is 43.3 Å². The van der Waals surface area contributed by atoms with E-state index in [1.54, 1.807) is 47.4 Å². The SMILES string of the molecule is Cc1ccc(OC(=O)CC2=NC(C)C(C)S2)cc1.O=C(CC1=NCCS1)OCCCCSc1ccc(O)cc1. The maximum atomic E-state index is 11.8. The molecule has 0 spiro atoms. The van der Waals surface area contributed by atoms with Crippen LogP contribution in [0.4, 0.5) is 0 Å². The van der Waals surface area contributed by atoms with Gasteiger partial charge in [0, 0.05) is 22.4 Å². The summed E-state index contributed by atoms with van der Waals surface area (Å²) in [5, 5.41) is 11.4. The van der Waals surface area contributed by atoms with E-state index in [0.717, 1.165) is 51.4 Å². The maximum Gasteiger partial charge on any atom is 0.317 e. The first-order valence-corrected chi connectivity index (χ1v) is 15.9. The van der Waals surface area contributed by atoms with Gasteiger partial charge in [0.15, 0.2) is 0 Å². The number of hydrogen-bond donors (Lipinski definition) is 1. The van der Waals surface area contributed by atoms with Gasteiger partial charge in [0.05, 0.1) is 35.6 Å². The number of phenolic OH excluding ortho intramolecular Hbond substituents is 1. The van der Waals surface area contributed by atoms with Crippen LogP contribution in [0.25, 0.3) is 0 Å². The Morgan fingerprint density at radius 3 is 2.36 bits per heavy atom. The minimum atomic E-state index is -0.244. The molecule has 10 heteroatoms. The number of carbonyl (C=O) groups excluding carboxylic acids is 2. The van der Waals surface area contributed by atoms with E-state index in [2.05, 4.69) is 23.8 Å². The van der Waals surface area contributed by atoms with Gasteiger partial charge in [0.25, 0.3) is 0 Å². The molecule has 2 unspecified atom stereocenters. The minimum Gasteiger partial charge on any atom is -0.508 e. The summed E-state index contributed by atoms with van der Waals surface area (Å²) in [4.78, 5) is 33.1. The molecule has 2 aromatic carbocycles. The summed E-state index contributed by atoms with van der Waals surface area (Å²) in [6.45, 7) is 7.49. The predicted molar refractivity (Wildman–Crippen MR) is 164 cm³/mol. The van der Waals surface area contributed by atoms with Crippen molar-refractivity contribution in [2.45, 2.75) is 62.6 Å². The molecule has 2 heterocycles. The molecule has 39 heavy (non-hydrogen) atoms. The number of thioether (sulfide) groups is 3. The molecule has 0 amide bonds. The van der Waals surface area contributed by atoms with Crippen LogP contribution in [0, 0.1) is 6.92 Å². The average Bonchev–Trinajstić information content (AvgIpc) is 3.53. The monoisotopic (exact) mass is 588 g/mol. The van der Waals surface area contributed by atoms with E-state index in [1.165, 1.54) is 0 Å². The number of carbonyl (C=O) groups is 2. The highest BCUT2D eigenvalue weighted by Gasteiger charge is 2.24. The standard InChI is InChI=1S/C15H19NO3S2.C14H17NO2S/c17-12-3-5-13(6-4-12)20-9-2-1-8-19-15(18)11-14-16-7-10-21-14;1-9-4-6-12(7-5-9)17-14(16)8-13-15-10(2)11(3)18-13/h3-6,17H,1-2,7-11H2;4-7,10-11H,8H2,1-3H3. The van der Waals surface area contributed by atoms with Crippen LogP contribution in [0.5, 0.6) is 11.5 Å². The Morgan fingerprint density at radius 2 is 1.72 bits per heavy atom. The highest BCUT2D eigenvalue weighted by atomic mass is 32.2. The molecule has 210 valence electrons. The third-order valence-electron chi connectivity index (χ3n) is 5.75. The zero-order valence-corrected chi connectivity index (χ0v) is 25.1. The van der Waals surface area contributed by atoms with Gasteiger partial charge in [-0.3, -0.25) is 19.6 Å². The molecule has 0 fully saturated rings. The molecule has 0 aliphatic carbocycles. The molecular weight excluding hydrogens is 553 g/mol. The molecule has 7 nitrogen and oxygen atoms in total. The number of benzene rings is 2. The van der Waals surface area contributed by atoms with Crippen molar-refractivity contribution >= 4 is 57.3 Å².